The van der Waals surface area contributed by atoms with Crippen molar-refractivity contribution < 1.29 is 4.79 Å². The summed E-state index contributed by atoms with van der Waals surface area (Å²) in [6, 6.07) is 12.9. The number of anilines is 2. The Labute approximate surface area is 163 Å². The van der Waals surface area contributed by atoms with Gasteiger partial charge in [0.25, 0.3) is 5.91 Å². The Bertz CT molecular complexity index is 915. The third-order valence-corrected chi connectivity index (χ3v) is 4.41. The summed E-state index contributed by atoms with van der Waals surface area (Å²) in [6.45, 7) is 2.56. The summed E-state index contributed by atoms with van der Waals surface area (Å²) in [5.74, 6) is 0.387. The highest BCUT2D eigenvalue weighted by Crippen LogP contribution is 2.23. The third-order valence-electron chi connectivity index (χ3n) is 4.18. The number of aryl methyl sites for hydroxylation is 1. The number of pyridine rings is 1. The van der Waals surface area contributed by atoms with E-state index in [1.807, 2.05) is 37.3 Å². The van der Waals surface area contributed by atoms with E-state index in [2.05, 4.69) is 20.5 Å². The monoisotopic (exact) mass is 381 g/mol. The van der Waals surface area contributed by atoms with Gasteiger partial charge in [0.1, 0.15) is 0 Å². The second kappa shape index (κ2) is 8.60. The first-order chi connectivity index (χ1) is 13.0. The van der Waals surface area contributed by atoms with Gasteiger partial charge in [0, 0.05) is 36.7 Å². The third kappa shape index (κ3) is 5.01. The molecule has 0 saturated carbocycles. The molecule has 7 heteroatoms. The Hall–Kier alpha value is -2.99. The van der Waals surface area contributed by atoms with Gasteiger partial charge in [0.2, 0.25) is 0 Å². The first-order valence-electron chi connectivity index (χ1n) is 8.54. The fourth-order valence-electron chi connectivity index (χ4n) is 2.52. The number of halogens is 1. The molecule has 0 saturated heterocycles. The number of likely N-dealkylation sites (N-methyl/N-ethyl adjacent to an activating group) is 1. The van der Waals surface area contributed by atoms with Crippen molar-refractivity contribution >= 4 is 29.0 Å². The summed E-state index contributed by atoms with van der Waals surface area (Å²) in [5, 5.41) is 12.0. The Balaban J connectivity index is 1.62. The molecule has 3 aromatic rings. The Kier molecular flexibility index (Phi) is 5.98. The van der Waals surface area contributed by atoms with Gasteiger partial charge in [-0.3, -0.25) is 9.78 Å². The SMILES string of the molecule is Cc1ccc(Cl)cc1Nc1ccc(C(=O)N(C)CCc2ccncc2)nn1. The van der Waals surface area contributed by atoms with Crippen LogP contribution < -0.4 is 5.32 Å². The van der Waals surface area contributed by atoms with Crippen LogP contribution in [0.4, 0.5) is 11.5 Å². The minimum Gasteiger partial charge on any atom is -0.340 e. The molecule has 0 aliphatic heterocycles. The molecule has 138 valence electrons. The summed E-state index contributed by atoms with van der Waals surface area (Å²) < 4.78 is 0. The lowest BCUT2D eigenvalue weighted by molar-refractivity contribution is 0.0789. The van der Waals surface area contributed by atoms with Crippen molar-refractivity contribution in [1.29, 1.82) is 0 Å². The molecule has 0 radical (unpaired) electrons. The second-order valence-corrected chi connectivity index (χ2v) is 6.66. The molecule has 0 bridgehead atoms. The molecule has 1 N–H and O–H groups in total. The zero-order valence-corrected chi connectivity index (χ0v) is 15.9. The Morgan fingerprint density at radius 1 is 1.11 bits per heavy atom. The molecule has 6 nitrogen and oxygen atoms in total. The molecule has 0 aliphatic carbocycles. The molecule has 0 aliphatic rings. The number of nitrogens with zero attached hydrogens (tertiary/aromatic N) is 4. The van der Waals surface area contributed by atoms with Crippen molar-refractivity contribution in [2.24, 2.45) is 0 Å². The van der Waals surface area contributed by atoms with Crippen LogP contribution in [-0.4, -0.2) is 39.6 Å². The standard InChI is InChI=1S/C20H20ClN5O/c1-14-3-4-16(21)13-18(14)23-19-6-5-17(24-25-19)20(27)26(2)12-9-15-7-10-22-11-8-15/h3-8,10-11,13H,9,12H2,1-2H3,(H,23,25). The number of benzene rings is 1. The Morgan fingerprint density at radius 3 is 2.59 bits per heavy atom. The molecule has 27 heavy (non-hydrogen) atoms. The van der Waals surface area contributed by atoms with Crippen LogP contribution >= 0.6 is 11.6 Å². The number of aromatic nitrogens is 3. The fraction of sp³-hybridized carbons (Fsp3) is 0.200. The van der Waals surface area contributed by atoms with E-state index >= 15 is 0 Å². The van der Waals surface area contributed by atoms with Gasteiger partial charge in [-0.25, -0.2) is 0 Å². The van der Waals surface area contributed by atoms with Crippen LogP contribution in [0.1, 0.15) is 21.6 Å². The summed E-state index contributed by atoms with van der Waals surface area (Å²) in [7, 11) is 1.76. The van der Waals surface area contributed by atoms with Crippen LogP contribution in [0, 0.1) is 6.92 Å². The minimum atomic E-state index is -0.165. The molecule has 2 aromatic heterocycles. The number of rotatable bonds is 6. The van der Waals surface area contributed by atoms with Crippen molar-refractivity contribution in [2.45, 2.75) is 13.3 Å². The molecular formula is C20H20ClN5O. The second-order valence-electron chi connectivity index (χ2n) is 6.22. The topological polar surface area (TPSA) is 71.0 Å². The summed E-state index contributed by atoms with van der Waals surface area (Å²) >= 11 is 6.03. The van der Waals surface area contributed by atoms with Crippen molar-refractivity contribution in [3.05, 3.63) is 76.7 Å². The average Bonchev–Trinajstić information content (AvgIpc) is 2.70. The number of hydrogen-bond donors (Lipinski definition) is 1. The van der Waals surface area contributed by atoms with Gasteiger partial charge in [-0.2, -0.15) is 0 Å². The summed E-state index contributed by atoms with van der Waals surface area (Å²) in [6.07, 6.45) is 4.25. The predicted molar refractivity (Wildman–Crippen MR) is 106 cm³/mol. The van der Waals surface area contributed by atoms with Crippen LogP contribution in [0.25, 0.3) is 0 Å². The lowest BCUT2D eigenvalue weighted by Crippen LogP contribution is -2.29. The van der Waals surface area contributed by atoms with Crippen LogP contribution in [0.2, 0.25) is 5.02 Å². The largest absolute Gasteiger partial charge is 0.340 e. The van der Waals surface area contributed by atoms with Gasteiger partial charge in [-0.1, -0.05) is 17.7 Å². The maximum atomic E-state index is 12.5. The van der Waals surface area contributed by atoms with E-state index in [9.17, 15) is 4.79 Å². The van der Waals surface area contributed by atoms with Gasteiger partial charge in [0.15, 0.2) is 11.5 Å². The van der Waals surface area contributed by atoms with Crippen LogP contribution in [0.3, 0.4) is 0 Å². The molecule has 0 spiro atoms. The lowest BCUT2D eigenvalue weighted by atomic mass is 10.2. The highest BCUT2D eigenvalue weighted by atomic mass is 35.5. The van der Waals surface area contributed by atoms with E-state index in [-0.39, 0.29) is 5.91 Å². The lowest BCUT2D eigenvalue weighted by Gasteiger charge is -2.16. The number of hydrogen-bond acceptors (Lipinski definition) is 5. The van der Waals surface area contributed by atoms with E-state index < -0.39 is 0 Å². The molecule has 1 amide bonds. The van der Waals surface area contributed by atoms with Gasteiger partial charge in [0.05, 0.1) is 0 Å². The van der Waals surface area contributed by atoms with Crippen LogP contribution in [0.5, 0.6) is 0 Å². The zero-order valence-electron chi connectivity index (χ0n) is 15.2. The molecule has 0 unspecified atom stereocenters. The molecule has 0 atom stereocenters. The molecule has 3 rings (SSSR count). The van der Waals surface area contributed by atoms with Gasteiger partial charge >= 0.3 is 0 Å². The van der Waals surface area contributed by atoms with Crippen molar-refractivity contribution in [3.63, 3.8) is 0 Å². The fourth-order valence-corrected chi connectivity index (χ4v) is 2.70. The van der Waals surface area contributed by atoms with Crippen LogP contribution in [-0.2, 0) is 6.42 Å². The predicted octanol–water partition coefficient (Wildman–Crippen LogP) is 3.89. The first kappa shape index (κ1) is 18.8. The highest BCUT2D eigenvalue weighted by Gasteiger charge is 2.14. The average molecular weight is 382 g/mol. The van der Waals surface area contributed by atoms with E-state index in [4.69, 9.17) is 11.6 Å². The molecule has 0 fully saturated rings. The van der Waals surface area contributed by atoms with Crippen LogP contribution in [0.15, 0.2) is 54.9 Å². The van der Waals surface area contributed by atoms with Crippen molar-refractivity contribution in [1.82, 2.24) is 20.1 Å². The first-order valence-corrected chi connectivity index (χ1v) is 8.92. The smallest absolute Gasteiger partial charge is 0.274 e. The highest BCUT2D eigenvalue weighted by molar-refractivity contribution is 6.30. The van der Waals surface area contributed by atoms with E-state index in [0.717, 1.165) is 23.2 Å². The van der Waals surface area contributed by atoms with E-state index in [1.165, 1.54) is 0 Å². The minimum absolute atomic E-state index is 0.165. The maximum Gasteiger partial charge on any atom is 0.274 e. The van der Waals surface area contributed by atoms with Crippen molar-refractivity contribution in [2.75, 3.05) is 18.9 Å². The maximum absolute atomic E-state index is 12.5. The van der Waals surface area contributed by atoms with E-state index in [0.29, 0.717) is 23.1 Å². The number of carbonyl (C=O) groups is 1. The zero-order chi connectivity index (χ0) is 19.2. The molecule has 1 aromatic carbocycles. The normalized spacial score (nSPS) is 10.5. The molecular weight excluding hydrogens is 362 g/mol. The van der Waals surface area contributed by atoms with Gasteiger partial charge in [-0.05, 0) is 60.9 Å². The number of carbonyl (C=O) groups excluding carboxylic acids is 1. The van der Waals surface area contributed by atoms with Crippen molar-refractivity contribution in [3.8, 4) is 0 Å². The van der Waals surface area contributed by atoms with E-state index in [1.54, 1.807) is 36.5 Å². The summed E-state index contributed by atoms with van der Waals surface area (Å²) in [5.41, 5.74) is 3.33. The summed E-state index contributed by atoms with van der Waals surface area (Å²) in [4.78, 5) is 18.1. The quantitative estimate of drug-likeness (QED) is 0.701. The molecule has 2 heterocycles. The number of nitrogens with one attached hydrogen (secondary N) is 1. The number of amides is 1. The van der Waals surface area contributed by atoms with Gasteiger partial charge < -0.3 is 10.2 Å². The Morgan fingerprint density at radius 2 is 1.89 bits per heavy atom. The van der Waals surface area contributed by atoms with Gasteiger partial charge in [-0.15, -0.1) is 10.2 Å².